The van der Waals surface area contributed by atoms with Gasteiger partial charge in [0, 0.05) is 42.5 Å². The van der Waals surface area contributed by atoms with Crippen molar-refractivity contribution in [2.75, 3.05) is 19.8 Å². The summed E-state index contributed by atoms with van der Waals surface area (Å²) in [6.45, 7) is 3.17. The summed E-state index contributed by atoms with van der Waals surface area (Å²) in [5.74, 6) is 1.61. The molecule has 0 radical (unpaired) electrons. The van der Waals surface area contributed by atoms with Crippen molar-refractivity contribution >= 4 is 11.3 Å². The summed E-state index contributed by atoms with van der Waals surface area (Å²) in [6.07, 6.45) is 6.42. The Kier molecular flexibility index (Phi) is 4.33. The lowest BCUT2D eigenvalue weighted by Crippen LogP contribution is -2.22. The average molecular weight is 382 g/mol. The van der Waals surface area contributed by atoms with Crippen LogP contribution >= 0.6 is 11.3 Å². The van der Waals surface area contributed by atoms with E-state index in [1.807, 2.05) is 30.1 Å². The maximum atomic E-state index is 5.75. The second kappa shape index (κ2) is 6.98. The summed E-state index contributed by atoms with van der Waals surface area (Å²) in [6, 6.07) is 6.51. The van der Waals surface area contributed by atoms with Gasteiger partial charge in [-0.2, -0.15) is 5.10 Å². The smallest absolute Gasteiger partial charge is 0.162 e. The maximum absolute atomic E-state index is 5.75. The molecule has 1 saturated heterocycles. The summed E-state index contributed by atoms with van der Waals surface area (Å²) < 4.78 is 13.3. The molecule has 2 aromatic heterocycles. The number of fused-ring (bicyclic) bond motifs is 1. The Morgan fingerprint density at radius 2 is 2.11 bits per heavy atom. The van der Waals surface area contributed by atoms with E-state index in [1.165, 1.54) is 23.4 Å². The number of thiazole rings is 1. The average Bonchev–Trinajstić information content (AvgIpc) is 3.42. The molecule has 0 bridgehead atoms. The number of hydrogen-bond donors (Lipinski definition) is 0. The van der Waals surface area contributed by atoms with Crippen molar-refractivity contribution in [3.05, 3.63) is 46.5 Å². The number of rotatable bonds is 4. The van der Waals surface area contributed by atoms with Crippen LogP contribution in [-0.2, 0) is 13.6 Å². The highest BCUT2D eigenvalue weighted by atomic mass is 32.1. The Bertz CT molecular complexity index is 938. The van der Waals surface area contributed by atoms with Crippen LogP contribution < -0.4 is 9.47 Å². The van der Waals surface area contributed by atoms with E-state index >= 15 is 0 Å². The first-order chi connectivity index (χ1) is 13.3. The highest BCUT2D eigenvalue weighted by Gasteiger charge is 2.29. The van der Waals surface area contributed by atoms with Gasteiger partial charge in [0.15, 0.2) is 11.5 Å². The predicted molar refractivity (Wildman–Crippen MR) is 104 cm³/mol. The summed E-state index contributed by atoms with van der Waals surface area (Å²) in [5, 5.41) is 8.03. The molecule has 6 nitrogen and oxygen atoms in total. The molecule has 0 N–H and O–H groups in total. The number of ether oxygens (including phenoxy) is 2. The molecule has 1 atom stereocenters. The number of aryl methyl sites for hydroxylation is 1. The summed E-state index contributed by atoms with van der Waals surface area (Å²) in [5.41, 5.74) is 3.32. The van der Waals surface area contributed by atoms with Gasteiger partial charge in [-0.05, 0) is 37.6 Å². The molecule has 0 spiro atoms. The minimum absolute atomic E-state index is 0.415. The maximum Gasteiger partial charge on any atom is 0.162 e. The SMILES string of the molecule is Cn1cc(CN2CCCC2c2nccs2)c(-c2ccc3c(c2)OCCO3)n1. The molecule has 0 saturated carbocycles. The zero-order valence-corrected chi connectivity index (χ0v) is 16.1. The molecule has 5 rings (SSSR count). The monoisotopic (exact) mass is 382 g/mol. The molecule has 1 aromatic carbocycles. The van der Waals surface area contributed by atoms with Crippen molar-refractivity contribution in [1.82, 2.24) is 19.7 Å². The normalized spacial score (nSPS) is 19.5. The van der Waals surface area contributed by atoms with Crippen LogP contribution in [0.5, 0.6) is 11.5 Å². The standard InChI is InChI=1S/C20H22N4O2S/c1-23-12-15(13-24-7-2-3-16(24)20-21-6-10-27-20)19(22-23)14-4-5-17-18(11-14)26-9-8-25-17/h4-6,10-12,16H,2-3,7-9,13H2,1H3. The molecule has 0 aliphatic carbocycles. The van der Waals surface area contributed by atoms with Gasteiger partial charge < -0.3 is 9.47 Å². The lowest BCUT2D eigenvalue weighted by atomic mass is 10.1. The highest BCUT2D eigenvalue weighted by molar-refractivity contribution is 7.09. The summed E-state index contributed by atoms with van der Waals surface area (Å²) in [4.78, 5) is 7.07. The minimum Gasteiger partial charge on any atom is -0.486 e. The topological polar surface area (TPSA) is 52.4 Å². The van der Waals surface area contributed by atoms with Crippen LogP contribution in [0.25, 0.3) is 11.3 Å². The van der Waals surface area contributed by atoms with Gasteiger partial charge >= 0.3 is 0 Å². The van der Waals surface area contributed by atoms with Crippen molar-refractivity contribution < 1.29 is 9.47 Å². The summed E-state index contributed by atoms with van der Waals surface area (Å²) in [7, 11) is 1.98. The van der Waals surface area contributed by atoms with E-state index in [9.17, 15) is 0 Å². The minimum atomic E-state index is 0.415. The molecule has 1 unspecified atom stereocenters. The van der Waals surface area contributed by atoms with E-state index < -0.39 is 0 Å². The number of aromatic nitrogens is 3. The van der Waals surface area contributed by atoms with Gasteiger partial charge in [0.2, 0.25) is 0 Å². The van der Waals surface area contributed by atoms with Crippen LogP contribution in [0, 0.1) is 0 Å². The first-order valence-electron chi connectivity index (χ1n) is 9.34. The fraction of sp³-hybridized carbons (Fsp3) is 0.400. The second-order valence-electron chi connectivity index (χ2n) is 7.03. The Labute approximate surface area is 162 Å². The predicted octanol–water partition coefficient (Wildman–Crippen LogP) is 3.65. The molecule has 1 fully saturated rings. The van der Waals surface area contributed by atoms with Crippen LogP contribution in [-0.4, -0.2) is 39.4 Å². The lowest BCUT2D eigenvalue weighted by molar-refractivity contribution is 0.171. The molecular formula is C20H22N4O2S. The van der Waals surface area contributed by atoms with E-state index in [4.69, 9.17) is 14.6 Å². The van der Waals surface area contributed by atoms with Crippen molar-refractivity contribution in [2.24, 2.45) is 7.05 Å². The Hall–Kier alpha value is -2.38. The van der Waals surface area contributed by atoms with Gasteiger partial charge in [-0.1, -0.05) is 0 Å². The fourth-order valence-corrected chi connectivity index (χ4v) is 4.81. The molecule has 7 heteroatoms. The molecule has 2 aliphatic heterocycles. The molecule has 2 aliphatic rings. The number of nitrogens with zero attached hydrogens (tertiary/aromatic N) is 4. The molecule has 140 valence electrons. The van der Waals surface area contributed by atoms with Crippen molar-refractivity contribution in [3.8, 4) is 22.8 Å². The van der Waals surface area contributed by atoms with E-state index in [0.29, 0.717) is 19.3 Å². The third-order valence-electron chi connectivity index (χ3n) is 5.19. The molecule has 0 amide bonds. The van der Waals surface area contributed by atoms with E-state index in [2.05, 4.69) is 27.5 Å². The van der Waals surface area contributed by atoms with Gasteiger partial charge in [-0.25, -0.2) is 4.98 Å². The first kappa shape index (κ1) is 16.8. The van der Waals surface area contributed by atoms with E-state index in [1.54, 1.807) is 11.3 Å². The third kappa shape index (κ3) is 3.21. The Morgan fingerprint density at radius 3 is 2.96 bits per heavy atom. The third-order valence-corrected chi connectivity index (χ3v) is 6.07. The molecule has 4 heterocycles. The quantitative estimate of drug-likeness (QED) is 0.689. The summed E-state index contributed by atoms with van der Waals surface area (Å²) >= 11 is 1.75. The number of hydrogen-bond acceptors (Lipinski definition) is 6. The van der Waals surface area contributed by atoms with Gasteiger partial charge in [0.25, 0.3) is 0 Å². The van der Waals surface area contributed by atoms with Crippen LogP contribution in [0.4, 0.5) is 0 Å². The zero-order valence-electron chi connectivity index (χ0n) is 15.3. The van der Waals surface area contributed by atoms with E-state index in [0.717, 1.165) is 35.8 Å². The second-order valence-corrected chi connectivity index (χ2v) is 7.96. The Balaban J connectivity index is 1.44. The van der Waals surface area contributed by atoms with Crippen LogP contribution in [0.2, 0.25) is 0 Å². The highest BCUT2D eigenvalue weighted by Crippen LogP contribution is 2.38. The van der Waals surface area contributed by atoms with Crippen molar-refractivity contribution in [1.29, 1.82) is 0 Å². The van der Waals surface area contributed by atoms with Crippen molar-refractivity contribution in [3.63, 3.8) is 0 Å². The molecule has 27 heavy (non-hydrogen) atoms. The van der Waals surface area contributed by atoms with Gasteiger partial charge in [0.1, 0.15) is 18.2 Å². The zero-order chi connectivity index (χ0) is 18.2. The van der Waals surface area contributed by atoms with E-state index in [-0.39, 0.29) is 0 Å². The Morgan fingerprint density at radius 1 is 1.22 bits per heavy atom. The van der Waals surface area contributed by atoms with Gasteiger partial charge in [-0.15, -0.1) is 11.3 Å². The lowest BCUT2D eigenvalue weighted by Gasteiger charge is -2.23. The van der Waals surface area contributed by atoms with Gasteiger partial charge in [0.05, 0.1) is 11.7 Å². The molecule has 3 aromatic rings. The van der Waals surface area contributed by atoms with Crippen LogP contribution in [0.15, 0.2) is 36.0 Å². The molecular weight excluding hydrogens is 360 g/mol. The van der Waals surface area contributed by atoms with Crippen molar-refractivity contribution in [2.45, 2.75) is 25.4 Å². The van der Waals surface area contributed by atoms with Crippen LogP contribution in [0.3, 0.4) is 0 Å². The van der Waals surface area contributed by atoms with Crippen LogP contribution in [0.1, 0.15) is 29.5 Å². The number of benzene rings is 1. The fourth-order valence-electron chi connectivity index (χ4n) is 4.00. The number of likely N-dealkylation sites (tertiary alicyclic amines) is 1. The largest absolute Gasteiger partial charge is 0.486 e. The first-order valence-corrected chi connectivity index (χ1v) is 10.2. The van der Waals surface area contributed by atoms with Gasteiger partial charge in [-0.3, -0.25) is 9.58 Å².